The van der Waals surface area contributed by atoms with Gasteiger partial charge in [0, 0.05) is 42.5 Å². The fourth-order valence-corrected chi connectivity index (χ4v) is 4.61. The molecule has 206 valence electrons. The molecule has 4 aromatic heterocycles. The maximum Gasteiger partial charge on any atom is 0.455 e. The molecule has 0 amide bonds. The minimum atomic E-state index is -5.07. The number of tetrazole rings is 1. The van der Waals surface area contributed by atoms with Crippen LogP contribution in [0.25, 0.3) is 28.3 Å². The maximum atomic E-state index is 13.6. The van der Waals surface area contributed by atoms with E-state index in [0.717, 1.165) is 40.2 Å². The van der Waals surface area contributed by atoms with E-state index in [1.807, 2.05) is 37.3 Å². The molecule has 0 saturated heterocycles. The molecule has 0 saturated carbocycles. The van der Waals surface area contributed by atoms with Gasteiger partial charge in [-0.3, -0.25) is 18.9 Å². The van der Waals surface area contributed by atoms with Gasteiger partial charge in [0.25, 0.3) is 5.78 Å². The monoisotopic (exact) mass is 550 g/mol. The van der Waals surface area contributed by atoms with Crippen LogP contribution in [0.2, 0.25) is 0 Å². The predicted molar refractivity (Wildman–Crippen MR) is 140 cm³/mol. The minimum Gasteiger partial charge on any atom is -0.336 e. The van der Waals surface area contributed by atoms with E-state index in [-0.39, 0.29) is 12.4 Å². The Morgan fingerprint density at radius 3 is 2.50 bits per heavy atom. The Balaban J connectivity index is 1.51. The summed E-state index contributed by atoms with van der Waals surface area (Å²) in [5.41, 5.74) is 2.54. The number of nitrogens with zero attached hydrogens (tertiary/aromatic N) is 7. The highest BCUT2D eigenvalue weighted by atomic mass is 19.4. The third-order valence-corrected chi connectivity index (χ3v) is 6.60. The molecule has 0 bridgehead atoms. The highest BCUT2D eigenvalue weighted by Gasteiger charge is 2.41. The Morgan fingerprint density at radius 2 is 1.85 bits per heavy atom. The van der Waals surface area contributed by atoms with Crippen LogP contribution in [-0.2, 0) is 20.0 Å². The number of alkyl halides is 3. The molecule has 13 heteroatoms. The average Bonchev–Trinajstić information content (AvgIpc) is 3.67. The lowest BCUT2D eigenvalue weighted by Gasteiger charge is -2.10. The first-order chi connectivity index (χ1) is 19.2. The zero-order valence-corrected chi connectivity index (χ0v) is 21.7. The first kappa shape index (κ1) is 26.8. The van der Waals surface area contributed by atoms with E-state index in [1.165, 1.54) is 28.6 Å². The smallest absolute Gasteiger partial charge is 0.336 e. The fraction of sp³-hybridized carbons (Fsp3) is 0.259. The van der Waals surface area contributed by atoms with Crippen molar-refractivity contribution in [3.8, 4) is 28.3 Å². The van der Waals surface area contributed by atoms with Crippen LogP contribution < -0.4 is 5.69 Å². The number of carbonyl (C=O) groups excluding carboxylic acids is 1. The number of rotatable bonds is 9. The number of carbonyl (C=O) groups is 1. The van der Waals surface area contributed by atoms with Gasteiger partial charge in [-0.05, 0) is 41.0 Å². The largest absolute Gasteiger partial charge is 0.455 e. The molecule has 0 spiro atoms. The van der Waals surface area contributed by atoms with Gasteiger partial charge in [0.2, 0.25) is 0 Å². The number of hydrogen-bond donors (Lipinski definition) is 1. The minimum absolute atomic E-state index is 0.103. The lowest BCUT2D eigenvalue weighted by Crippen LogP contribution is -2.29. The molecule has 1 N–H and O–H groups in total. The zero-order chi connectivity index (χ0) is 28.4. The lowest BCUT2D eigenvalue weighted by atomic mass is 10.0. The van der Waals surface area contributed by atoms with Gasteiger partial charge in [-0.15, -0.1) is 5.10 Å². The first-order valence-corrected chi connectivity index (χ1v) is 12.6. The summed E-state index contributed by atoms with van der Waals surface area (Å²) in [5, 5.41) is 14.0. The van der Waals surface area contributed by atoms with Crippen molar-refractivity contribution in [3.63, 3.8) is 0 Å². The molecule has 0 unspecified atom stereocenters. The highest BCUT2D eigenvalue weighted by Crippen LogP contribution is 2.29. The lowest BCUT2D eigenvalue weighted by molar-refractivity contribution is -0.0885. The topological polar surface area (TPSA) is 116 Å². The number of imidazole rings is 1. The van der Waals surface area contributed by atoms with Crippen LogP contribution in [-0.4, -0.2) is 51.3 Å². The Bertz CT molecular complexity index is 1700. The second-order valence-electron chi connectivity index (χ2n) is 9.29. The average molecular weight is 551 g/mol. The molecule has 0 aliphatic carbocycles. The zero-order valence-electron chi connectivity index (χ0n) is 21.7. The van der Waals surface area contributed by atoms with E-state index in [4.69, 9.17) is 0 Å². The normalized spacial score (nSPS) is 11.7. The SMILES string of the molecule is CCCCc1cn(-c2c(C(=O)C(F)(F)F)ccn2C)c(=O)n1Cc1ccc(-c2ccccc2-c2nnn[nH]2)cn1. The summed E-state index contributed by atoms with van der Waals surface area (Å²) in [4.78, 5) is 30.2. The molecule has 40 heavy (non-hydrogen) atoms. The summed E-state index contributed by atoms with van der Waals surface area (Å²) in [6.07, 6.45) is 1.61. The van der Waals surface area contributed by atoms with Crippen LogP contribution in [0.15, 0.2) is 65.8 Å². The summed E-state index contributed by atoms with van der Waals surface area (Å²) < 4.78 is 43.7. The van der Waals surface area contributed by atoms with Crippen molar-refractivity contribution in [2.45, 2.75) is 38.9 Å². The van der Waals surface area contributed by atoms with Crippen LogP contribution in [0, 0.1) is 0 Å². The van der Waals surface area contributed by atoms with E-state index in [2.05, 4.69) is 25.6 Å². The summed E-state index contributed by atoms with van der Waals surface area (Å²) in [7, 11) is 1.49. The van der Waals surface area contributed by atoms with Crippen LogP contribution >= 0.6 is 0 Å². The second kappa shape index (κ2) is 10.8. The quantitative estimate of drug-likeness (QED) is 0.273. The number of aryl methyl sites for hydroxylation is 2. The van der Waals surface area contributed by atoms with E-state index >= 15 is 0 Å². The molecule has 0 fully saturated rings. The Hall–Kier alpha value is -4.81. The van der Waals surface area contributed by atoms with E-state index in [0.29, 0.717) is 23.6 Å². The van der Waals surface area contributed by atoms with E-state index in [1.54, 1.807) is 12.3 Å². The molecular weight excluding hydrogens is 525 g/mol. The molecular formula is C27H25F3N8O2. The standard InChI is InChI=1S/C27H25F3N8O2/c1-3-4-7-19-16-38(25-22(12-13-36(25)2)23(39)27(28,29)30)26(40)37(19)15-18-11-10-17(14-31-18)20-8-5-6-9-21(20)24-32-34-35-33-24/h5-6,8-14,16H,3-4,7,15H2,1-2H3,(H,32,33,34,35). The molecule has 5 aromatic rings. The van der Waals surface area contributed by atoms with Gasteiger partial charge in [0.05, 0.1) is 17.8 Å². The van der Waals surface area contributed by atoms with E-state index in [9.17, 15) is 22.8 Å². The van der Waals surface area contributed by atoms with Crippen LogP contribution in [0.3, 0.4) is 0 Å². The number of hydrogen-bond acceptors (Lipinski definition) is 6. The number of H-pyrrole nitrogens is 1. The number of ketones is 1. The number of Topliss-reactive ketones (excluding diaryl/α,β-unsaturated/α-hetero) is 1. The van der Waals surface area contributed by atoms with Crippen molar-refractivity contribution in [1.82, 2.24) is 39.3 Å². The highest BCUT2D eigenvalue weighted by molar-refractivity contribution is 6.03. The molecule has 5 rings (SSSR count). The summed E-state index contributed by atoms with van der Waals surface area (Å²) in [6.45, 7) is 2.11. The summed E-state index contributed by atoms with van der Waals surface area (Å²) >= 11 is 0. The molecule has 0 atom stereocenters. The Morgan fingerprint density at radius 1 is 1.07 bits per heavy atom. The van der Waals surface area contributed by atoms with Crippen molar-refractivity contribution in [1.29, 1.82) is 0 Å². The summed E-state index contributed by atoms with van der Waals surface area (Å²) in [6, 6.07) is 12.3. The number of aromatic nitrogens is 8. The van der Waals surface area contributed by atoms with Gasteiger partial charge < -0.3 is 4.57 Å². The third-order valence-electron chi connectivity index (χ3n) is 6.60. The predicted octanol–water partition coefficient (Wildman–Crippen LogP) is 4.36. The number of pyridine rings is 1. The maximum absolute atomic E-state index is 13.6. The van der Waals surface area contributed by atoms with Crippen molar-refractivity contribution >= 4 is 5.78 Å². The van der Waals surface area contributed by atoms with Crippen LogP contribution in [0.1, 0.15) is 41.5 Å². The number of nitrogens with one attached hydrogen (secondary N) is 1. The number of aromatic amines is 1. The van der Waals surface area contributed by atoms with E-state index < -0.39 is 23.2 Å². The fourth-order valence-electron chi connectivity index (χ4n) is 4.61. The first-order valence-electron chi connectivity index (χ1n) is 12.6. The van der Waals surface area contributed by atoms with Gasteiger partial charge >= 0.3 is 11.9 Å². The summed E-state index contributed by atoms with van der Waals surface area (Å²) in [5.74, 6) is -1.63. The van der Waals surface area contributed by atoms with Crippen molar-refractivity contribution < 1.29 is 18.0 Å². The molecule has 0 aliphatic heterocycles. The van der Waals surface area contributed by atoms with Crippen molar-refractivity contribution in [3.05, 3.63) is 88.5 Å². The van der Waals surface area contributed by atoms with Gasteiger partial charge in [-0.25, -0.2) is 9.89 Å². The van der Waals surface area contributed by atoms with Crippen LogP contribution in [0.4, 0.5) is 13.2 Å². The van der Waals surface area contributed by atoms with Crippen LogP contribution in [0.5, 0.6) is 0 Å². The molecule has 0 radical (unpaired) electrons. The Kier molecular flexibility index (Phi) is 7.20. The number of halogens is 3. The molecule has 10 nitrogen and oxygen atoms in total. The van der Waals surface area contributed by atoms with Crippen molar-refractivity contribution in [2.24, 2.45) is 7.05 Å². The molecule has 1 aromatic carbocycles. The second-order valence-corrected chi connectivity index (χ2v) is 9.29. The van der Waals surface area contributed by atoms with Gasteiger partial charge in [0.1, 0.15) is 5.82 Å². The van der Waals surface area contributed by atoms with Gasteiger partial charge in [-0.1, -0.05) is 43.7 Å². The van der Waals surface area contributed by atoms with Gasteiger partial charge in [0.15, 0.2) is 5.82 Å². The van der Waals surface area contributed by atoms with Gasteiger partial charge in [-0.2, -0.15) is 13.2 Å². The third kappa shape index (κ3) is 5.09. The van der Waals surface area contributed by atoms with Crippen molar-refractivity contribution in [2.75, 3.05) is 0 Å². The molecule has 4 heterocycles. The molecule has 0 aliphatic rings. The Labute approximate surface area is 226 Å². The number of unbranched alkanes of at least 4 members (excludes halogenated alkanes) is 1. The number of benzene rings is 1.